The van der Waals surface area contributed by atoms with E-state index in [-0.39, 0.29) is 80.9 Å². The van der Waals surface area contributed by atoms with Crippen LogP contribution in [-0.4, -0.2) is 115 Å². The third kappa shape index (κ3) is 10.2. The van der Waals surface area contributed by atoms with E-state index in [0.717, 1.165) is 25.0 Å². The Labute approximate surface area is 413 Å². The molecule has 71 heavy (non-hydrogen) atoms. The molecule has 6 N–H and O–H groups in total. The molecule has 0 aliphatic heterocycles. The standard InChI is InChI=1S/C53H64N4O13S/c1-32-26-34(27-33(2)48(32)70-50(63)46-38-10-5-7-12-41(38)57(22-9-25-71(65,66)67)42-13-8-6-11-39(42)46)49(62)55-21-24-68-23-20-54-45(61)31-69-56-36-16-18-51(3)35(28-36)14-15-37-40-17-19-53(64,44(60)30-58)52(40,4)29-43(59)47(37)51/h5-8,10-13,26-28,37,40,43,47,58-59,64H,9,14-25,29-31H2,1-4H3,(H2-,54,55,61,62,65,66,67)/p+1/b56-36-. The predicted octanol–water partition coefficient (Wildman–Crippen LogP) is 4.86. The van der Waals surface area contributed by atoms with E-state index < -0.39 is 51.4 Å². The van der Waals surface area contributed by atoms with Crippen molar-refractivity contribution in [2.75, 3.05) is 45.3 Å². The molecule has 18 heteroatoms. The molecule has 1 aromatic heterocycles. The van der Waals surface area contributed by atoms with Gasteiger partial charge in [-0.1, -0.05) is 48.8 Å². The number of rotatable bonds is 18. The van der Waals surface area contributed by atoms with Crippen LogP contribution in [0, 0.1) is 42.4 Å². The van der Waals surface area contributed by atoms with Gasteiger partial charge in [-0.05, 0) is 123 Å². The molecule has 2 amide bonds. The van der Waals surface area contributed by atoms with Crippen molar-refractivity contribution in [3.8, 4) is 5.75 Å². The van der Waals surface area contributed by atoms with Crippen molar-refractivity contribution in [2.45, 2.75) is 97.3 Å². The number of fused-ring (bicyclic) bond motifs is 7. The van der Waals surface area contributed by atoms with Gasteiger partial charge in [0, 0.05) is 42.6 Å². The van der Waals surface area contributed by atoms with Crippen LogP contribution in [0.1, 0.15) is 97.1 Å². The number of hydrogen-bond donors (Lipinski definition) is 6. The molecule has 0 radical (unpaired) electrons. The van der Waals surface area contributed by atoms with Crippen LogP contribution in [0.15, 0.2) is 77.5 Å². The SMILES string of the molecule is Cc1cc(C(=O)NCCOCCNC(=O)CO/N=C2\C=C3CCC4C(C(O)CC5(C)C4CCC5(O)C(=O)CO)C3(C)CC2)cc(C)c1OC(=O)c1c2ccccc2[n+](CCCS(=O)(=O)O)c2ccccc12. The fraction of sp³-hybridized carbons (Fsp3) is 0.509. The van der Waals surface area contributed by atoms with Gasteiger partial charge in [0.15, 0.2) is 18.9 Å². The lowest BCUT2D eigenvalue weighted by Crippen LogP contribution is -2.62. The average molecular weight is 998 g/mol. The first-order chi connectivity index (χ1) is 33.8. The molecule has 8 rings (SSSR count). The quantitative estimate of drug-likeness (QED) is 0.0149. The van der Waals surface area contributed by atoms with E-state index in [4.69, 9.17) is 14.3 Å². The van der Waals surface area contributed by atoms with Gasteiger partial charge in [-0.3, -0.25) is 18.9 Å². The Bertz CT molecular complexity index is 2840. The summed E-state index contributed by atoms with van der Waals surface area (Å²) in [6.07, 6.45) is 5.74. The number of esters is 1. The van der Waals surface area contributed by atoms with E-state index in [1.54, 1.807) is 50.2 Å². The second-order valence-electron chi connectivity index (χ2n) is 20.2. The number of carbonyl (C=O) groups excluding carboxylic acids is 4. The number of aliphatic hydroxyl groups is 3. The number of allylic oxidation sites excluding steroid dienone is 2. The molecule has 3 saturated carbocycles. The number of aromatic nitrogens is 1. The van der Waals surface area contributed by atoms with Gasteiger partial charge in [-0.15, -0.1) is 0 Å². The zero-order chi connectivity index (χ0) is 50.9. The van der Waals surface area contributed by atoms with Crippen molar-refractivity contribution in [1.82, 2.24) is 10.6 Å². The van der Waals surface area contributed by atoms with Gasteiger partial charge in [0.05, 0.1) is 47.1 Å². The van der Waals surface area contributed by atoms with E-state index >= 15 is 0 Å². The van der Waals surface area contributed by atoms with Crippen LogP contribution in [0.2, 0.25) is 0 Å². The highest BCUT2D eigenvalue weighted by Gasteiger charge is 2.68. The summed E-state index contributed by atoms with van der Waals surface area (Å²) in [7, 11) is -4.15. The molecule has 7 atom stereocenters. The number of pyridine rings is 1. The molecular formula is C53H65N4O13S+. The van der Waals surface area contributed by atoms with Crippen molar-refractivity contribution in [1.29, 1.82) is 0 Å². The summed E-state index contributed by atoms with van der Waals surface area (Å²) in [6, 6.07) is 17.9. The maximum absolute atomic E-state index is 14.1. The Morgan fingerprint density at radius 2 is 1.55 bits per heavy atom. The molecule has 4 aliphatic rings. The molecule has 3 aromatic carbocycles. The number of carbonyl (C=O) groups is 4. The van der Waals surface area contributed by atoms with Gasteiger partial charge in [0.1, 0.15) is 18.0 Å². The number of oxime groups is 1. The van der Waals surface area contributed by atoms with Gasteiger partial charge < -0.3 is 40.3 Å². The second kappa shape index (κ2) is 20.8. The topological polar surface area (TPSA) is 251 Å². The summed E-state index contributed by atoms with van der Waals surface area (Å²) in [5.74, 6) is -1.77. The highest BCUT2D eigenvalue weighted by Crippen LogP contribution is 2.67. The molecule has 3 fully saturated rings. The second-order valence-corrected chi connectivity index (χ2v) is 21.8. The van der Waals surface area contributed by atoms with Crippen LogP contribution >= 0.6 is 0 Å². The lowest BCUT2D eigenvalue weighted by Gasteiger charge is -2.60. The van der Waals surface area contributed by atoms with Gasteiger partial charge in [0.25, 0.3) is 21.9 Å². The number of nitrogens with zero attached hydrogens (tertiary/aromatic N) is 2. The highest BCUT2D eigenvalue weighted by molar-refractivity contribution is 7.85. The summed E-state index contributed by atoms with van der Waals surface area (Å²) in [6.45, 7) is 7.72. The normalized spacial score (nSPS) is 26.5. The minimum Gasteiger partial charge on any atom is -0.422 e. The monoisotopic (exact) mass is 997 g/mol. The Hall–Kier alpha value is -5.63. The van der Waals surface area contributed by atoms with Crippen LogP contribution < -0.4 is 19.9 Å². The van der Waals surface area contributed by atoms with Gasteiger partial charge >= 0.3 is 5.97 Å². The van der Waals surface area contributed by atoms with E-state index in [9.17, 15) is 47.5 Å². The number of benzene rings is 3. The average Bonchev–Trinajstić information content (AvgIpc) is 3.60. The van der Waals surface area contributed by atoms with Crippen molar-refractivity contribution in [3.63, 3.8) is 0 Å². The van der Waals surface area contributed by atoms with E-state index in [1.807, 2.05) is 41.8 Å². The number of amides is 2. The van der Waals surface area contributed by atoms with Crippen molar-refractivity contribution < 1.29 is 66.3 Å². The summed E-state index contributed by atoms with van der Waals surface area (Å²) >= 11 is 0. The number of ether oxygens (including phenoxy) is 2. The number of Topliss-reactive ketones (excluding diaryl/α,β-unsaturated/α-hetero) is 1. The molecule has 7 unspecified atom stereocenters. The number of nitrogens with one attached hydrogen (secondary N) is 2. The lowest BCUT2D eigenvalue weighted by atomic mass is 9.45. The maximum Gasteiger partial charge on any atom is 0.345 e. The fourth-order valence-electron chi connectivity index (χ4n) is 12.7. The predicted molar refractivity (Wildman–Crippen MR) is 263 cm³/mol. The van der Waals surface area contributed by atoms with E-state index in [0.29, 0.717) is 75.5 Å². The minimum absolute atomic E-state index is 0.0304. The molecule has 0 bridgehead atoms. The molecule has 0 saturated heterocycles. The van der Waals surface area contributed by atoms with Crippen LogP contribution in [0.25, 0.3) is 21.8 Å². The zero-order valence-electron chi connectivity index (χ0n) is 40.7. The fourth-order valence-corrected chi connectivity index (χ4v) is 13.2. The zero-order valence-corrected chi connectivity index (χ0v) is 41.6. The molecule has 4 aromatic rings. The molecule has 0 spiro atoms. The van der Waals surface area contributed by atoms with Crippen LogP contribution in [0.5, 0.6) is 5.75 Å². The Morgan fingerprint density at radius 3 is 2.20 bits per heavy atom. The number of para-hydroxylation sites is 2. The van der Waals surface area contributed by atoms with E-state index in [1.165, 1.54) is 5.57 Å². The summed E-state index contributed by atoms with van der Waals surface area (Å²) < 4.78 is 45.8. The number of aliphatic hydroxyl groups excluding tert-OH is 2. The summed E-state index contributed by atoms with van der Waals surface area (Å²) in [4.78, 5) is 57.9. The third-order valence-corrected chi connectivity index (χ3v) is 16.8. The van der Waals surface area contributed by atoms with E-state index in [2.05, 4.69) is 22.7 Å². The lowest BCUT2D eigenvalue weighted by molar-refractivity contribution is -0.645. The Balaban J connectivity index is 0.774. The van der Waals surface area contributed by atoms with Crippen LogP contribution in [0.3, 0.4) is 0 Å². The molecular weight excluding hydrogens is 933 g/mol. The smallest absolute Gasteiger partial charge is 0.345 e. The van der Waals surface area contributed by atoms with Gasteiger partial charge in [-0.25, -0.2) is 4.79 Å². The molecule has 1 heterocycles. The maximum atomic E-state index is 14.1. The van der Waals surface area contributed by atoms with Crippen molar-refractivity contribution in [3.05, 3.63) is 94.6 Å². The Morgan fingerprint density at radius 1 is 0.901 bits per heavy atom. The number of aryl methyl sites for hydroxylation is 3. The molecule has 17 nitrogen and oxygen atoms in total. The minimum atomic E-state index is -4.15. The van der Waals surface area contributed by atoms with Crippen molar-refractivity contribution >= 4 is 61.2 Å². The number of ketones is 1. The molecule has 380 valence electrons. The van der Waals surface area contributed by atoms with Crippen LogP contribution in [0.4, 0.5) is 0 Å². The van der Waals surface area contributed by atoms with Crippen LogP contribution in [-0.2, 0) is 35.8 Å². The largest absolute Gasteiger partial charge is 0.422 e. The summed E-state index contributed by atoms with van der Waals surface area (Å²) in [5.41, 5.74) is 2.46. The Kier molecular flexibility index (Phi) is 15.2. The number of hydrogen-bond acceptors (Lipinski definition) is 13. The first-order valence-corrected chi connectivity index (χ1v) is 26.1. The highest BCUT2D eigenvalue weighted by atomic mass is 32.2. The molecule has 4 aliphatic carbocycles. The third-order valence-electron chi connectivity index (χ3n) is 16.0. The first-order valence-electron chi connectivity index (χ1n) is 24.5. The van der Waals surface area contributed by atoms with Gasteiger partial charge in [-0.2, -0.15) is 13.0 Å². The van der Waals surface area contributed by atoms with Gasteiger partial charge in [0.2, 0.25) is 11.0 Å². The van der Waals surface area contributed by atoms with Crippen molar-refractivity contribution in [2.24, 2.45) is 33.7 Å². The summed E-state index contributed by atoms with van der Waals surface area (Å²) in [5, 5.41) is 43.9. The first kappa shape index (κ1) is 51.7.